The molecule has 0 bridgehead atoms. The van der Waals surface area contributed by atoms with Gasteiger partial charge in [0.25, 0.3) is 0 Å². The van der Waals surface area contributed by atoms with E-state index in [1.807, 2.05) is 0 Å². The van der Waals surface area contributed by atoms with Crippen molar-refractivity contribution >= 4 is 6.21 Å². The maximum absolute atomic E-state index is 12.5. The van der Waals surface area contributed by atoms with Crippen molar-refractivity contribution in [2.75, 3.05) is 7.11 Å². The Morgan fingerprint density at radius 1 is 1.55 bits per heavy atom. The molecule has 0 aliphatic heterocycles. The van der Waals surface area contributed by atoms with Gasteiger partial charge < -0.3 is 4.84 Å². The van der Waals surface area contributed by atoms with Crippen molar-refractivity contribution in [2.45, 2.75) is 0 Å². The number of hydrogen-bond donors (Lipinski definition) is 0. The van der Waals surface area contributed by atoms with Gasteiger partial charge in [-0.1, -0.05) is 17.3 Å². The van der Waals surface area contributed by atoms with Crippen molar-refractivity contribution in [1.29, 1.82) is 0 Å². The third-order valence-electron chi connectivity index (χ3n) is 1.16. The van der Waals surface area contributed by atoms with Gasteiger partial charge in [-0.25, -0.2) is 4.39 Å². The third-order valence-corrected chi connectivity index (χ3v) is 1.16. The minimum Gasteiger partial charge on any atom is -0.399 e. The quantitative estimate of drug-likeness (QED) is 0.469. The Morgan fingerprint density at radius 3 is 3.00 bits per heavy atom. The lowest BCUT2D eigenvalue weighted by molar-refractivity contribution is 0.215. The molecule has 0 saturated heterocycles. The fraction of sp³-hybridized carbons (Fsp3) is 0.125. The molecule has 0 radical (unpaired) electrons. The van der Waals surface area contributed by atoms with E-state index < -0.39 is 0 Å². The average molecular weight is 153 g/mol. The van der Waals surface area contributed by atoms with Crippen LogP contribution >= 0.6 is 0 Å². The summed E-state index contributed by atoms with van der Waals surface area (Å²) in [6.45, 7) is 0. The molecule has 0 atom stereocenters. The van der Waals surface area contributed by atoms with Crippen molar-refractivity contribution in [3.8, 4) is 0 Å². The molecular weight excluding hydrogens is 145 g/mol. The second-order valence-corrected chi connectivity index (χ2v) is 1.97. The molecule has 0 heterocycles. The largest absolute Gasteiger partial charge is 0.399 e. The molecular formula is C8H8FNO. The number of oxime groups is 1. The zero-order valence-electron chi connectivity index (χ0n) is 6.12. The molecule has 11 heavy (non-hydrogen) atoms. The Balaban J connectivity index is 2.79. The lowest BCUT2D eigenvalue weighted by Crippen LogP contribution is -1.82. The normalized spacial score (nSPS) is 10.4. The van der Waals surface area contributed by atoms with Crippen molar-refractivity contribution in [3.63, 3.8) is 0 Å². The highest BCUT2D eigenvalue weighted by molar-refractivity contribution is 5.78. The van der Waals surface area contributed by atoms with E-state index in [1.165, 1.54) is 25.5 Å². The molecule has 0 amide bonds. The van der Waals surface area contributed by atoms with Gasteiger partial charge in [0.1, 0.15) is 12.9 Å². The van der Waals surface area contributed by atoms with Gasteiger partial charge in [-0.3, -0.25) is 0 Å². The number of halogens is 1. The first kappa shape index (κ1) is 7.72. The molecule has 58 valence electrons. The van der Waals surface area contributed by atoms with Crippen LogP contribution in [0, 0.1) is 5.82 Å². The van der Waals surface area contributed by atoms with Crippen LogP contribution in [0.4, 0.5) is 4.39 Å². The van der Waals surface area contributed by atoms with E-state index in [9.17, 15) is 4.39 Å². The number of rotatable bonds is 2. The molecule has 0 unspecified atom stereocenters. The molecule has 0 saturated carbocycles. The van der Waals surface area contributed by atoms with Gasteiger partial charge in [0.05, 0.1) is 6.21 Å². The highest BCUT2D eigenvalue weighted by Gasteiger charge is 1.89. The second-order valence-electron chi connectivity index (χ2n) is 1.97. The monoisotopic (exact) mass is 153 g/mol. The summed E-state index contributed by atoms with van der Waals surface area (Å²) in [7, 11) is 1.44. The van der Waals surface area contributed by atoms with Gasteiger partial charge in [0, 0.05) is 0 Å². The summed E-state index contributed by atoms with van der Waals surface area (Å²) in [5, 5.41) is 3.49. The SMILES string of the molecule is CO/N=C\c1cccc(F)c1. The lowest BCUT2D eigenvalue weighted by Gasteiger charge is -1.90. The molecule has 0 fully saturated rings. The summed E-state index contributed by atoms with van der Waals surface area (Å²) < 4.78 is 12.5. The first-order valence-electron chi connectivity index (χ1n) is 3.15. The first-order valence-corrected chi connectivity index (χ1v) is 3.15. The van der Waals surface area contributed by atoms with Gasteiger partial charge in [-0.15, -0.1) is 0 Å². The highest BCUT2D eigenvalue weighted by Crippen LogP contribution is 2.00. The maximum Gasteiger partial charge on any atom is 0.123 e. The van der Waals surface area contributed by atoms with Crippen molar-refractivity contribution < 1.29 is 9.23 Å². The van der Waals surface area contributed by atoms with Gasteiger partial charge >= 0.3 is 0 Å². The second kappa shape index (κ2) is 3.71. The van der Waals surface area contributed by atoms with E-state index in [0.29, 0.717) is 5.56 Å². The third kappa shape index (κ3) is 2.37. The van der Waals surface area contributed by atoms with Crippen LogP contribution in [0.1, 0.15) is 5.56 Å². The predicted octanol–water partition coefficient (Wildman–Crippen LogP) is 1.81. The topological polar surface area (TPSA) is 21.6 Å². The molecule has 0 N–H and O–H groups in total. The number of benzene rings is 1. The molecule has 0 spiro atoms. The van der Waals surface area contributed by atoms with E-state index in [-0.39, 0.29) is 5.82 Å². The van der Waals surface area contributed by atoms with E-state index in [2.05, 4.69) is 9.99 Å². The van der Waals surface area contributed by atoms with Crippen LogP contribution in [0.15, 0.2) is 29.4 Å². The van der Waals surface area contributed by atoms with Gasteiger partial charge in [-0.2, -0.15) is 0 Å². The average Bonchev–Trinajstić information content (AvgIpc) is 2.01. The van der Waals surface area contributed by atoms with E-state index in [0.717, 1.165) is 0 Å². The summed E-state index contributed by atoms with van der Waals surface area (Å²) in [6, 6.07) is 6.12. The van der Waals surface area contributed by atoms with E-state index in [1.54, 1.807) is 12.1 Å². The molecule has 0 aromatic heterocycles. The van der Waals surface area contributed by atoms with Crippen molar-refractivity contribution in [1.82, 2.24) is 0 Å². The Kier molecular flexibility index (Phi) is 2.60. The Hall–Kier alpha value is -1.38. The highest BCUT2D eigenvalue weighted by atomic mass is 19.1. The van der Waals surface area contributed by atoms with Crippen LogP contribution in [-0.4, -0.2) is 13.3 Å². The van der Waals surface area contributed by atoms with E-state index in [4.69, 9.17) is 0 Å². The summed E-state index contributed by atoms with van der Waals surface area (Å²) in [4.78, 5) is 4.43. The zero-order chi connectivity index (χ0) is 8.10. The Morgan fingerprint density at radius 2 is 2.36 bits per heavy atom. The van der Waals surface area contributed by atoms with Crippen molar-refractivity contribution in [2.24, 2.45) is 5.16 Å². The molecule has 0 aliphatic carbocycles. The number of nitrogens with zero attached hydrogens (tertiary/aromatic N) is 1. The van der Waals surface area contributed by atoms with Crippen LogP contribution in [0.5, 0.6) is 0 Å². The van der Waals surface area contributed by atoms with E-state index >= 15 is 0 Å². The summed E-state index contributed by atoms with van der Waals surface area (Å²) in [6.07, 6.45) is 1.45. The summed E-state index contributed by atoms with van der Waals surface area (Å²) in [5.74, 6) is -0.273. The van der Waals surface area contributed by atoms with Gasteiger partial charge in [0.15, 0.2) is 0 Å². The van der Waals surface area contributed by atoms with Crippen LogP contribution in [0.3, 0.4) is 0 Å². The summed E-state index contributed by atoms with van der Waals surface area (Å²) >= 11 is 0. The summed E-state index contributed by atoms with van der Waals surface area (Å²) in [5.41, 5.74) is 0.687. The van der Waals surface area contributed by atoms with Crippen LogP contribution in [-0.2, 0) is 4.84 Å². The van der Waals surface area contributed by atoms with Gasteiger partial charge in [-0.05, 0) is 17.7 Å². The molecule has 2 nitrogen and oxygen atoms in total. The van der Waals surface area contributed by atoms with Gasteiger partial charge in [0.2, 0.25) is 0 Å². The number of hydrogen-bond acceptors (Lipinski definition) is 2. The minimum atomic E-state index is -0.273. The zero-order valence-corrected chi connectivity index (χ0v) is 6.12. The fourth-order valence-corrected chi connectivity index (χ4v) is 0.700. The lowest BCUT2D eigenvalue weighted by atomic mass is 10.2. The predicted molar refractivity (Wildman–Crippen MR) is 41.0 cm³/mol. The smallest absolute Gasteiger partial charge is 0.123 e. The molecule has 1 aromatic rings. The van der Waals surface area contributed by atoms with Crippen molar-refractivity contribution in [3.05, 3.63) is 35.6 Å². The molecule has 1 rings (SSSR count). The standard InChI is InChI=1S/C8H8FNO/c1-11-10-6-7-3-2-4-8(9)5-7/h2-6H,1H3/b10-6-. The molecule has 0 aliphatic rings. The maximum atomic E-state index is 12.5. The Labute approximate surface area is 64.3 Å². The minimum absolute atomic E-state index is 0.273. The first-order chi connectivity index (χ1) is 5.33. The molecule has 3 heteroatoms. The Bertz CT molecular complexity index is 260. The van der Waals surface area contributed by atoms with Crippen LogP contribution in [0.25, 0.3) is 0 Å². The fourth-order valence-electron chi connectivity index (χ4n) is 0.700. The van der Waals surface area contributed by atoms with Crippen LogP contribution < -0.4 is 0 Å². The molecule has 1 aromatic carbocycles. The van der Waals surface area contributed by atoms with Crippen LogP contribution in [0.2, 0.25) is 0 Å².